The first kappa shape index (κ1) is 13.2. The van der Waals surface area contributed by atoms with Crippen LogP contribution >= 0.6 is 22.7 Å². The molecule has 0 spiro atoms. The molecule has 0 atom stereocenters. The number of anilines is 1. The van der Waals surface area contributed by atoms with Crippen molar-refractivity contribution in [2.24, 2.45) is 0 Å². The van der Waals surface area contributed by atoms with Gasteiger partial charge in [-0.3, -0.25) is 0 Å². The number of aromatic nitrogens is 3. The van der Waals surface area contributed by atoms with Gasteiger partial charge in [0, 0.05) is 12.6 Å². The average molecular weight is 302 g/mol. The Bertz CT molecular complexity index is 728. The lowest BCUT2D eigenvalue weighted by Gasteiger charge is -1.96. The summed E-state index contributed by atoms with van der Waals surface area (Å²) < 4.78 is 0. The van der Waals surface area contributed by atoms with Crippen molar-refractivity contribution in [2.45, 2.75) is 13.8 Å². The van der Waals surface area contributed by atoms with Gasteiger partial charge in [-0.1, -0.05) is 41.2 Å². The third kappa shape index (κ3) is 2.44. The van der Waals surface area contributed by atoms with Crippen LogP contribution in [-0.2, 0) is 0 Å². The molecule has 6 heteroatoms. The monoisotopic (exact) mass is 302 g/mol. The summed E-state index contributed by atoms with van der Waals surface area (Å²) in [6.07, 6.45) is 0. The fourth-order valence-corrected chi connectivity index (χ4v) is 3.72. The minimum absolute atomic E-state index is 0.824. The first-order valence-electron chi connectivity index (χ1n) is 6.23. The SMILES string of the molecule is CNc1nnc(-c2sc(-c3ccc(C)cc3)nc2C)s1. The lowest BCUT2D eigenvalue weighted by atomic mass is 10.2. The second-order valence-corrected chi connectivity index (χ2v) is 6.44. The molecule has 2 heterocycles. The molecule has 0 unspecified atom stereocenters. The van der Waals surface area contributed by atoms with E-state index in [2.05, 4.69) is 51.7 Å². The Labute approximate surface area is 125 Å². The van der Waals surface area contributed by atoms with Crippen LogP contribution in [0, 0.1) is 13.8 Å². The smallest absolute Gasteiger partial charge is 0.205 e. The minimum atomic E-state index is 0.824. The van der Waals surface area contributed by atoms with Gasteiger partial charge >= 0.3 is 0 Å². The number of thiazole rings is 1. The second-order valence-electron chi connectivity index (χ2n) is 4.46. The van der Waals surface area contributed by atoms with Crippen molar-refractivity contribution in [2.75, 3.05) is 12.4 Å². The van der Waals surface area contributed by atoms with E-state index in [-0.39, 0.29) is 0 Å². The van der Waals surface area contributed by atoms with E-state index >= 15 is 0 Å². The Morgan fingerprint density at radius 3 is 2.35 bits per heavy atom. The number of nitrogens with zero attached hydrogens (tertiary/aromatic N) is 3. The van der Waals surface area contributed by atoms with Gasteiger partial charge in [-0.05, 0) is 13.8 Å². The molecule has 0 aliphatic carbocycles. The van der Waals surface area contributed by atoms with Crippen LogP contribution in [0.5, 0.6) is 0 Å². The van der Waals surface area contributed by atoms with Crippen molar-refractivity contribution in [3.05, 3.63) is 35.5 Å². The second kappa shape index (κ2) is 5.30. The molecular weight excluding hydrogens is 288 g/mol. The van der Waals surface area contributed by atoms with Crippen molar-refractivity contribution in [1.82, 2.24) is 15.2 Å². The maximum absolute atomic E-state index is 4.66. The lowest BCUT2D eigenvalue weighted by molar-refractivity contribution is 1.09. The first-order chi connectivity index (χ1) is 9.67. The van der Waals surface area contributed by atoms with E-state index in [4.69, 9.17) is 0 Å². The summed E-state index contributed by atoms with van der Waals surface area (Å²) in [5.41, 5.74) is 3.41. The highest BCUT2D eigenvalue weighted by Gasteiger charge is 2.15. The third-order valence-electron chi connectivity index (χ3n) is 2.93. The predicted molar refractivity (Wildman–Crippen MR) is 85.5 cm³/mol. The molecule has 0 aliphatic heterocycles. The van der Waals surface area contributed by atoms with Gasteiger partial charge in [0.2, 0.25) is 5.13 Å². The van der Waals surface area contributed by atoms with Crippen molar-refractivity contribution in [1.29, 1.82) is 0 Å². The van der Waals surface area contributed by atoms with Gasteiger partial charge in [0.25, 0.3) is 0 Å². The predicted octanol–water partition coefficient (Wildman–Crippen LogP) is 3.99. The van der Waals surface area contributed by atoms with Gasteiger partial charge in [0.15, 0.2) is 5.01 Å². The summed E-state index contributed by atoms with van der Waals surface area (Å²) in [7, 11) is 1.85. The highest BCUT2D eigenvalue weighted by Crippen LogP contribution is 2.37. The molecule has 0 bridgehead atoms. The van der Waals surface area contributed by atoms with Crippen LogP contribution in [-0.4, -0.2) is 22.2 Å². The van der Waals surface area contributed by atoms with Gasteiger partial charge < -0.3 is 5.32 Å². The third-order valence-corrected chi connectivity index (χ3v) is 5.23. The molecule has 1 aromatic carbocycles. The van der Waals surface area contributed by atoms with E-state index in [9.17, 15) is 0 Å². The molecule has 1 N–H and O–H groups in total. The fraction of sp³-hybridized carbons (Fsp3) is 0.214. The van der Waals surface area contributed by atoms with Crippen LogP contribution in [0.4, 0.5) is 5.13 Å². The van der Waals surface area contributed by atoms with E-state index in [1.54, 1.807) is 22.7 Å². The summed E-state index contributed by atoms with van der Waals surface area (Å²) in [5, 5.41) is 14.1. The molecule has 2 aromatic heterocycles. The average Bonchev–Trinajstić information content (AvgIpc) is 3.05. The molecule has 3 aromatic rings. The molecule has 0 fully saturated rings. The quantitative estimate of drug-likeness (QED) is 0.795. The largest absolute Gasteiger partial charge is 0.363 e. The summed E-state index contributed by atoms with van der Waals surface area (Å²) in [4.78, 5) is 5.76. The van der Waals surface area contributed by atoms with Crippen molar-refractivity contribution < 1.29 is 0 Å². The summed E-state index contributed by atoms with van der Waals surface area (Å²) in [6, 6.07) is 8.43. The topological polar surface area (TPSA) is 50.7 Å². The van der Waals surface area contributed by atoms with E-state index in [0.29, 0.717) is 0 Å². The molecule has 4 nitrogen and oxygen atoms in total. The van der Waals surface area contributed by atoms with E-state index in [1.165, 1.54) is 5.56 Å². The minimum Gasteiger partial charge on any atom is -0.363 e. The Morgan fingerprint density at radius 2 is 1.70 bits per heavy atom. The van der Waals surface area contributed by atoms with E-state index in [1.807, 2.05) is 14.0 Å². The zero-order valence-corrected chi connectivity index (χ0v) is 13.1. The van der Waals surface area contributed by atoms with Crippen LogP contribution in [0.25, 0.3) is 20.5 Å². The van der Waals surface area contributed by atoms with Gasteiger partial charge in [0.05, 0.1) is 10.6 Å². The maximum atomic E-state index is 4.66. The molecule has 102 valence electrons. The highest BCUT2D eigenvalue weighted by molar-refractivity contribution is 7.24. The van der Waals surface area contributed by atoms with Gasteiger partial charge in [-0.2, -0.15) is 0 Å². The van der Waals surface area contributed by atoms with Crippen LogP contribution < -0.4 is 5.32 Å². The number of aryl methyl sites for hydroxylation is 2. The van der Waals surface area contributed by atoms with Crippen molar-refractivity contribution in [3.8, 4) is 20.5 Å². The Balaban J connectivity index is 2.00. The zero-order chi connectivity index (χ0) is 14.1. The number of hydrogen-bond acceptors (Lipinski definition) is 6. The van der Waals surface area contributed by atoms with Gasteiger partial charge in [-0.15, -0.1) is 21.5 Å². The van der Waals surface area contributed by atoms with Crippen molar-refractivity contribution >= 4 is 27.8 Å². The summed E-state index contributed by atoms with van der Waals surface area (Å²) in [5.74, 6) is 0. The van der Waals surface area contributed by atoms with Crippen molar-refractivity contribution in [3.63, 3.8) is 0 Å². The van der Waals surface area contributed by atoms with Gasteiger partial charge in [-0.25, -0.2) is 4.98 Å². The molecule has 0 radical (unpaired) electrons. The fourth-order valence-electron chi connectivity index (χ4n) is 1.83. The Hall–Kier alpha value is -1.79. The van der Waals surface area contributed by atoms with Gasteiger partial charge in [0.1, 0.15) is 5.01 Å². The number of rotatable bonds is 3. The van der Waals surface area contributed by atoms with Crippen LogP contribution in [0.3, 0.4) is 0 Å². The maximum Gasteiger partial charge on any atom is 0.205 e. The van der Waals surface area contributed by atoms with Crippen LogP contribution in [0.15, 0.2) is 24.3 Å². The Kier molecular flexibility index (Phi) is 3.50. The molecule has 0 aliphatic rings. The molecular formula is C14H14N4S2. The van der Waals surface area contributed by atoms with Crippen LogP contribution in [0.1, 0.15) is 11.3 Å². The first-order valence-corrected chi connectivity index (χ1v) is 7.87. The summed E-state index contributed by atoms with van der Waals surface area (Å²) in [6.45, 7) is 4.10. The molecule has 0 amide bonds. The van der Waals surface area contributed by atoms with Crippen LogP contribution in [0.2, 0.25) is 0 Å². The lowest BCUT2D eigenvalue weighted by Crippen LogP contribution is -1.84. The molecule has 20 heavy (non-hydrogen) atoms. The molecule has 3 rings (SSSR count). The number of hydrogen-bond donors (Lipinski definition) is 1. The Morgan fingerprint density at radius 1 is 0.950 bits per heavy atom. The standard InChI is InChI=1S/C14H14N4S2/c1-8-4-6-10(7-5-8)12-16-9(2)11(19-12)13-17-18-14(15-3)20-13/h4-7H,1-3H3,(H,15,18). The van der Waals surface area contributed by atoms with E-state index < -0.39 is 0 Å². The number of benzene rings is 1. The van der Waals surface area contributed by atoms with E-state index in [0.717, 1.165) is 31.3 Å². The molecule has 0 saturated carbocycles. The summed E-state index contributed by atoms with van der Waals surface area (Å²) >= 11 is 3.21. The normalized spacial score (nSPS) is 10.8. The zero-order valence-electron chi connectivity index (χ0n) is 11.5. The number of nitrogens with one attached hydrogen (secondary N) is 1. The highest BCUT2D eigenvalue weighted by atomic mass is 32.1. The molecule has 0 saturated heterocycles.